The maximum Gasteiger partial charge on any atom is 0.119 e. The predicted octanol–water partition coefficient (Wildman–Crippen LogP) is 3.15. The lowest BCUT2D eigenvalue weighted by Gasteiger charge is -1.99. The Morgan fingerprint density at radius 1 is 1.12 bits per heavy atom. The van der Waals surface area contributed by atoms with E-state index < -0.39 is 0 Å². The third-order valence-electron chi connectivity index (χ3n) is 2.33. The lowest BCUT2D eigenvalue weighted by atomic mass is 10.3. The minimum Gasteiger partial charge on any atom is -0.497 e. The van der Waals surface area contributed by atoms with Crippen molar-refractivity contribution in [2.45, 2.75) is 6.92 Å². The third kappa shape index (κ3) is 3.14. The fourth-order valence-corrected chi connectivity index (χ4v) is 1.44. The van der Waals surface area contributed by atoms with Crippen LogP contribution in [0.15, 0.2) is 47.5 Å². The van der Waals surface area contributed by atoms with Crippen LogP contribution in [0, 0.1) is 6.92 Å². The molecule has 3 heteroatoms. The number of benzene rings is 1. The van der Waals surface area contributed by atoms with Crippen LogP contribution >= 0.6 is 0 Å². The van der Waals surface area contributed by atoms with Crippen molar-refractivity contribution < 1.29 is 4.74 Å². The van der Waals surface area contributed by atoms with Gasteiger partial charge in [0.05, 0.1) is 24.7 Å². The average molecular weight is 226 g/mol. The first-order valence-electron chi connectivity index (χ1n) is 5.40. The van der Waals surface area contributed by atoms with E-state index in [0.29, 0.717) is 0 Å². The summed E-state index contributed by atoms with van der Waals surface area (Å²) in [6, 6.07) is 13.4. The van der Waals surface area contributed by atoms with Crippen molar-refractivity contribution in [2.24, 2.45) is 4.99 Å². The van der Waals surface area contributed by atoms with Gasteiger partial charge in [0.15, 0.2) is 0 Å². The van der Waals surface area contributed by atoms with Crippen LogP contribution in [0.5, 0.6) is 5.75 Å². The van der Waals surface area contributed by atoms with E-state index in [1.807, 2.05) is 49.4 Å². The van der Waals surface area contributed by atoms with Gasteiger partial charge < -0.3 is 4.74 Å². The summed E-state index contributed by atoms with van der Waals surface area (Å²) in [5.41, 5.74) is 2.73. The van der Waals surface area contributed by atoms with Crippen LogP contribution in [0.2, 0.25) is 0 Å². The molecule has 0 fully saturated rings. The molecule has 2 rings (SSSR count). The van der Waals surface area contributed by atoms with Crippen LogP contribution in [0.1, 0.15) is 11.4 Å². The standard InChI is InChI=1S/C14H14N2O/c1-11-4-3-5-13(16-11)10-15-12-6-8-14(17-2)9-7-12/h3-10H,1-2H3. The molecule has 0 atom stereocenters. The Balaban J connectivity index is 2.14. The summed E-state index contributed by atoms with van der Waals surface area (Å²) in [5, 5.41) is 0. The number of aliphatic imine (C=N–C) groups is 1. The van der Waals surface area contributed by atoms with Gasteiger partial charge in [-0.1, -0.05) is 6.07 Å². The van der Waals surface area contributed by atoms with Gasteiger partial charge in [0.2, 0.25) is 0 Å². The second kappa shape index (κ2) is 5.25. The zero-order valence-corrected chi connectivity index (χ0v) is 9.92. The van der Waals surface area contributed by atoms with Crippen molar-refractivity contribution >= 4 is 11.9 Å². The van der Waals surface area contributed by atoms with Gasteiger partial charge in [0, 0.05) is 5.69 Å². The zero-order valence-electron chi connectivity index (χ0n) is 9.92. The Hall–Kier alpha value is -2.16. The van der Waals surface area contributed by atoms with Gasteiger partial charge in [0.1, 0.15) is 5.75 Å². The Bertz CT molecular complexity index is 518. The van der Waals surface area contributed by atoms with Gasteiger partial charge in [-0.05, 0) is 43.3 Å². The highest BCUT2D eigenvalue weighted by molar-refractivity contribution is 5.79. The molecule has 0 amide bonds. The summed E-state index contributed by atoms with van der Waals surface area (Å²) in [7, 11) is 1.65. The van der Waals surface area contributed by atoms with Crippen LogP contribution in [-0.4, -0.2) is 18.3 Å². The molecule has 1 aromatic carbocycles. The molecule has 1 aromatic heterocycles. The Kier molecular flexibility index (Phi) is 3.50. The third-order valence-corrected chi connectivity index (χ3v) is 2.33. The van der Waals surface area contributed by atoms with Crippen molar-refractivity contribution in [3.05, 3.63) is 53.9 Å². The van der Waals surface area contributed by atoms with Gasteiger partial charge in [-0.2, -0.15) is 0 Å². The Labute approximate surface area is 101 Å². The highest BCUT2D eigenvalue weighted by Crippen LogP contribution is 2.17. The lowest BCUT2D eigenvalue weighted by molar-refractivity contribution is 0.415. The van der Waals surface area contributed by atoms with Crippen molar-refractivity contribution in [3.63, 3.8) is 0 Å². The molecular weight excluding hydrogens is 212 g/mol. The molecule has 0 bridgehead atoms. The van der Waals surface area contributed by atoms with E-state index in [2.05, 4.69) is 9.98 Å². The van der Waals surface area contributed by atoms with Crippen LogP contribution < -0.4 is 4.74 Å². The summed E-state index contributed by atoms with van der Waals surface area (Å²) < 4.78 is 5.08. The van der Waals surface area contributed by atoms with Crippen molar-refractivity contribution in [3.8, 4) is 5.75 Å². The van der Waals surface area contributed by atoms with Crippen molar-refractivity contribution in [2.75, 3.05) is 7.11 Å². The molecule has 1 heterocycles. The number of ether oxygens (including phenoxy) is 1. The van der Waals surface area contributed by atoms with Crippen molar-refractivity contribution in [1.29, 1.82) is 0 Å². The molecule has 0 saturated heterocycles. The summed E-state index contributed by atoms with van der Waals surface area (Å²) in [6.45, 7) is 1.96. The van der Waals surface area contributed by atoms with E-state index in [-0.39, 0.29) is 0 Å². The quantitative estimate of drug-likeness (QED) is 0.753. The van der Waals surface area contributed by atoms with Gasteiger partial charge in [-0.15, -0.1) is 0 Å². The predicted molar refractivity (Wildman–Crippen MR) is 69.2 cm³/mol. The number of pyridine rings is 1. The number of rotatable bonds is 3. The number of methoxy groups -OCH3 is 1. The largest absolute Gasteiger partial charge is 0.497 e. The molecule has 17 heavy (non-hydrogen) atoms. The molecule has 0 aliphatic rings. The van der Waals surface area contributed by atoms with Gasteiger partial charge in [-0.25, -0.2) is 0 Å². The molecule has 86 valence electrons. The first kappa shape index (κ1) is 11.3. The molecule has 0 aliphatic heterocycles. The fraction of sp³-hybridized carbons (Fsp3) is 0.143. The van der Waals surface area contributed by atoms with E-state index in [4.69, 9.17) is 4.74 Å². The van der Waals surface area contributed by atoms with E-state index in [9.17, 15) is 0 Å². The molecule has 0 unspecified atom stereocenters. The fourth-order valence-electron chi connectivity index (χ4n) is 1.44. The Morgan fingerprint density at radius 3 is 2.53 bits per heavy atom. The zero-order chi connectivity index (χ0) is 12.1. The molecule has 0 spiro atoms. The summed E-state index contributed by atoms with van der Waals surface area (Å²) >= 11 is 0. The normalized spacial score (nSPS) is 10.7. The summed E-state index contributed by atoms with van der Waals surface area (Å²) in [6.07, 6.45) is 1.76. The van der Waals surface area contributed by atoms with Crippen LogP contribution in [0.25, 0.3) is 0 Å². The maximum absolute atomic E-state index is 5.08. The molecule has 3 nitrogen and oxygen atoms in total. The molecule has 0 saturated carbocycles. The maximum atomic E-state index is 5.08. The van der Waals surface area contributed by atoms with Gasteiger partial charge in [0.25, 0.3) is 0 Å². The SMILES string of the molecule is COc1ccc(N=Cc2cccc(C)n2)cc1. The minimum absolute atomic E-state index is 0.831. The van der Waals surface area contributed by atoms with Crippen molar-refractivity contribution in [1.82, 2.24) is 4.98 Å². The van der Waals surface area contributed by atoms with E-state index in [0.717, 1.165) is 22.8 Å². The van der Waals surface area contributed by atoms with Gasteiger partial charge in [-0.3, -0.25) is 9.98 Å². The van der Waals surface area contributed by atoms with Gasteiger partial charge >= 0.3 is 0 Å². The van der Waals surface area contributed by atoms with Crippen LogP contribution in [0.3, 0.4) is 0 Å². The number of hydrogen-bond donors (Lipinski definition) is 0. The average Bonchev–Trinajstić information content (AvgIpc) is 2.37. The summed E-state index contributed by atoms with van der Waals surface area (Å²) in [4.78, 5) is 8.70. The lowest BCUT2D eigenvalue weighted by Crippen LogP contribution is -1.88. The minimum atomic E-state index is 0.831. The highest BCUT2D eigenvalue weighted by Gasteiger charge is 1.92. The molecule has 0 aliphatic carbocycles. The van der Waals surface area contributed by atoms with E-state index in [1.165, 1.54) is 0 Å². The number of hydrogen-bond acceptors (Lipinski definition) is 3. The molecular formula is C14H14N2O. The molecule has 0 radical (unpaired) electrons. The van der Waals surface area contributed by atoms with Crippen LogP contribution in [-0.2, 0) is 0 Å². The monoisotopic (exact) mass is 226 g/mol. The second-order valence-electron chi connectivity index (χ2n) is 3.66. The number of aromatic nitrogens is 1. The molecule has 2 aromatic rings. The summed E-state index contributed by atoms with van der Waals surface area (Å²) in [5.74, 6) is 0.831. The number of nitrogens with zero attached hydrogens (tertiary/aromatic N) is 2. The molecule has 0 N–H and O–H groups in total. The topological polar surface area (TPSA) is 34.5 Å². The first-order chi connectivity index (χ1) is 8.28. The Morgan fingerprint density at radius 2 is 1.88 bits per heavy atom. The second-order valence-corrected chi connectivity index (χ2v) is 3.66. The van der Waals surface area contributed by atoms with E-state index in [1.54, 1.807) is 13.3 Å². The van der Waals surface area contributed by atoms with E-state index >= 15 is 0 Å². The highest BCUT2D eigenvalue weighted by atomic mass is 16.5. The first-order valence-corrected chi connectivity index (χ1v) is 5.40. The smallest absolute Gasteiger partial charge is 0.119 e. The number of aryl methyl sites for hydroxylation is 1. The van der Waals surface area contributed by atoms with Crippen LogP contribution in [0.4, 0.5) is 5.69 Å².